The Morgan fingerprint density at radius 3 is 3.00 bits per heavy atom. The third-order valence-corrected chi connectivity index (χ3v) is 4.82. The molecule has 0 saturated carbocycles. The van der Waals surface area contributed by atoms with Crippen LogP contribution in [0, 0.1) is 0 Å². The zero-order chi connectivity index (χ0) is 12.3. The van der Waals surface area contributed by atoms with Gasteiger partial charge in [0.15, 0.2) is 4.34 Å². The maximum Gasteiger partial charge on any atom is 0.247 e. The molecule has 1 aromatic carbocycles. The van der Waals surface area contributed by atoms with Crippen molar-refractivity contribution in [3.8, 4) is 0 Å². The highest BCUT2D eigenvalue weighted by molar-refractivity contribution is 8.02. The Morgan fingerprint density at radius 2 is 2.35 bits per heavy atom. The average molecular weight is 267 g/mol. The van der Waals surface area contributed by atoms with Gasteiger partial charge in [-0.25, -0.2) is 10.8 Å². The summed E-state index contributed by atoms with van der Waals surface area (Å²) in [6.45, 7) is 1.96. The van der Waals surface area contributed by atoms with Gasteiger partial charge in [0.2, 0.25) is 5.91 Å². The van der Waals surface area contributed by atoms with Gasteiger partial charge in [0.05, 0.1) is 15.5 Å². The van der Waals surface area contributed by atoms with Crippen molar-refractivity contribution in [1.29, 1.82) is 0 Å². The summed E-state index contributed by atoms with van der Waals surface area (Å²) >= 11 is 3.06. The zero-order valence-corrected chi connectivity index (χ0v) is 11.0. The number of carbonyl (C=O) groups excluding carboxylic acids is 1. The van der Waals surface area contributed by atoms with Crippen LogP contribution in [0.2, 0.25) is 0 Å². The number of benzene rings is 1. The van der Waals surface area contributed by atoms with Crippen molar-refractivity contribution in [3.63, 3.8) is 0 Å². The highest BCUT2D eigenvalue weighted by atomic mass is 32.2. The molecule has 3 N–H and O–H groups in total. The maximum atomic E-state index is 11.5. The van der Waals surface area contributed by atoms with Crippen LogP contribution >= 0.6 is 23.1 Å². The summed E-state index contributed by atoms with van der Waals surface area (Å²) in [5, 5.41) is -0.180. The third-order valence-electron chi connectivity index (χ3n) is 2.32. The van der Waals surface area contributed by atoms with E-state index in [0.717, 1.165) is 21.0 Å². The number of nitrogens with two attached hydrogens (primary N) is 1. The zero-order valence-electron chi connectivity index (χ0n) is 9.34. The van der Waals surface area contributed by atoms with Crippen molar-refractivity contribution >= 4 is 39.2 Å². The molecule has 6 heteroatoms. The molecule has 0 bridgehead atoms. The van der Waals surface area contributed by atoms with Crippen molar-refractivity contribution in [3.05, 3.63) is 24.3 Å². The molecule has 0 aliphatic rings. The van der Waals surface area contributed by atoms with Crippen LogP contribution in [0.25, 0.3) is 10.2 Å². The van der Waals surface area contributed by atoms with Gasteiger partial charge in [0.25, 0.3) is 0 Å². The van der Waals surface area contributed by atoms with E-state index in [0.29, 0.717) is 0 Å². The van der Waals surface area contributed by atoms with E-state index in [4.69, 9.17) is 5.84 Å². The normalized spacial score (nSPS) is 12.6. The molecule has 0 fully saturated rings. The van der Waals surface area contributed by atoms with Crippen molar-refractivity contribution in [2.45, 2.75) is 22.9 Å². The van der Waals surface area contributed by atoms with E-state index in [1.165, 1.54) is 11.8 Å². The summed E-state index contributed by atoms with van der Waals surface area (Å²) in [7, 11) is 0. The molecule has 4 nitrogen and oxygen atoms in total. The quantitative estimate of drug-likeness (QED) is 0.385. The first kappa shape index (κ1) is 12.3. The van der Waals surface area contributed by atoms with E-state index in [2.05, 4.69) is 10.4 Å². The van der Waals surface area contributed by atoms with Crippen molar-refractivity contribution in [2.24, 2.45) is 5.84 Å². The van der Waals surface area contributed by atoms with E-state index >= 15 is 0 Å². The van der Waals surface area contributed by atoms with E-state index in [1.807, 2.05) is 31.2 Å². The molecule has 1 atom stereocenters. The standard InChI is InChI=1S/C11H13N3OS2/c1-2-8(10(15)14-12)16-11-13-7-5-3-4-6-9(7)17-11/h3-6,8H,2,12H2,1H3,(H,14,15). The van der Waals surface area contributed by atoms with E-state index in [-0.39, 0.29) is 11.2 Å². The first-order valence-corrected chi connectivity index (χ1v) is 6.97. The summed E-state index contributed by atoms with van der Waals surface area (Å²) < 4.78 is 2.04. The number of thiazole rings is 1. The molecule has 0 radical (unpaired) electrons. The summed E-state index contributed by atoms with van der Waals surface area (Å²) in [5.74, 6) is 4.99. The van der Waals surface area contributed by atoms with E-state index in [9.17, 15) is 4.79 Å². The molecule has 1 heterocycles. The first-order valence-electron chi connectivity index (χ1n) is 5.27. The topological polar surface area (TPSA) is 68.0 Å². The highest BCUT2D eigenvalue weighted by Crippen LogP contribution is 2.32. The van der Waals surface area contributed by atoms with Gasteiger partial charge < -0.3 is 0 Å². The predicted molar refractivity (Wildman–Crippen MR) is 71.9 cm³/mol. The minimum absolute atomic E-state index is 0.156. The van der Waals surface area contributed by atoms with Gasteiger partial charge in [-0.15, -0.1) is 11.3 Å². The van der Waals surface area contributed by atoms with Crippen LogP contribution in [0.5, 0.6) is 0 Å². The van der Waals surface area contributed by atoms with Crippen molar-refractivity contribution in [1.82, 2.24) is 10.4 Å². The fourth-order valence-electron chi connectivity index (χ4n) is 1.44. The average Bonchev–Trinajstić information content (AvgIpc) is 2.77. The lowest BCUT2D eigenvalue weighted by Gasteiger charge is -2.09. The Bertz CT molecular complexity index is 493. The number of hydrogen-bond acceptors (Lipinski definition) is 5. The molecule has 90 valence electrons. The molecule has 1 aromatic heterocycles. The third kappa shape index (κ3) is 2.77. The largest absolute Gasteiger partial charge is 0.293 e. The Kier molecular flexibility index (Phi) is 3.98. The van der Waals surface area contributed by atoms with Gasteiger partial charge >= 0.3 is 0 Å². The number of nitrogens with zero attached hydrogens (tertiary/aromatic N) is 1. The number of fused-ring (bicyclic) bond motifs is 1. The fourth-order valence-corrected chi connectivity index (χ4v) is 3.68. The Balaban J connectivity index is 2.19. The Labute approximate surface area is 108 Å². The molecule has 17 heavy (non-hydrogen) atoms. The number of para-hydroxylation sites is 1. The lowest BCUT2D eigenvalue weighted by Crippen LogP contribution is -2.37. The number of thioether (sulfide) groups is 1. The molecule has 2 aromatic rings. The molecule has 1 amide bonds. The second-order valence-electron chi connectivity index (χ2n) is 3.47. The summed E-state index contributed by atoms with van der Waals surface area (Å²) in [4.78, 5) is 16.0. The lowest BCUT2D eigenvalue weighted by atomic mass is 10.3. The van der Waals surface area contributed by atoms with Gasteiger partial charge in [-0.1, -0.05) is 30.8 Å². The number of hydrogen-bond donors (Lipinski definition) is 2. The second kappa shape index (κ2) is 5.48. The van der Waals surface area contributed by atoms with Crippen LogP contribution in [0.3, 0.4) is 0 Å². The fraction of sp³-hybridized carbons (Fsp3) is 0.273. The van der Waals surface area contributed by atoms with E-state index < -0.39 is 0 Å². The van der Waals surface area contributed by atoms with Crippen LogP contribution in [0.4, 0.5) is 0 Å². The van der Waals surface area contributed by atoms with Gasteiger partial charge in [-0.05, 0) is 18.6 Å². The van der Waals surface area contributed by atoms with Crippen LogP contribution < -0.4 is 11.3 Å². The molecular weight excluding hydrogens is 254 g/mol. The van der Waals surface area contributed by atoms with Crippen LogP contribution in [-0.4, -0.2) is 16.1 Å². The molecule has 2 rings (SSSR count). The maximum absolute atomic E-state index is 11.5. The molecular formula is C11H13N3OS2. The van der Waals surface area contributed by atoms with Crippen LogP contribution in [0.1, 0.15) is 13.3 Å². The number of nitrogens with one attached hydrogen (secondary N) is 1. The smallest absolute Gasteiger partial charge is 0.247 e. The SMILES string of the molecule is CCC(Sc1nc2ccccc2s1)C(=O)NN. The van der Waals surface area contributed by atoms with Crippen molar-refractivity contribution < 1.29 is 4.79 Å². The van der Waals surface area contributed by atoms with Gasteiger partial charge in [0, 0.05) is 0 Å². The van der Waals surface area contributed by atoms with Crippen LogP contribution in [0.15, 0.2) is 28.6 Å². The Morgan fingerprint density at radius 1 is 1.59 bits per heavy atom. The van der Waals surface area contributed by atoms with Gasteiger partial charge in [-0.3, -0.25) is 10.2 Å². The summed E-state index contributed by atoms with van der Waals surface area (Å²) in [6, 6.07) is 7.94. The first-order chi connectivity index (χ1) is 8.24. The summed E-state index contributed by atoms with van der Waals surface area (Å²) in [5.41, 5.74) is 3.16. The number of carbonyl (C=O) groups is 1. The second-order valence-corrected chi connectivity index (χ2v) is 5.95. The molecule has 0 aliphatic carbocycles. The van der Waals surface area contributed by atoms with Crippen molar-refractivity contribution in [2.75, 3.05) is 0 Å². The Hall–Kier alpha value is -1.11. The highest BCUT2D eigenvalue weighted by Gasteiger charge is 2.18. The lowest BCUT2D eigenvalue weighted by molar-refractivity contribution is -0.120. The van der Waals surface area contributed by atoms with Gasteiger partial charge in [-0.2, -0.15) is 0 Å². The molecule has 0 saturated heterocycles. The van der Waals surface area contributed by atoms with Gasteiger partial charge in [0.1, 0.15) is 0 Å². The minimum Gasteiger partial charge on any atom is -0.293 e. The molecule has 0 aliphatic heterocycles. The summed E-state index contributed by atoms with van der Waals surface area (Å²) in [6.07, 6.45) is 0.726. The minimum atomic E-state index is -0.180. The number of rotatable bonds is 4. The van der Waals surface area contributed by atoms with Crippen LogP contribution in [-0.2, 0) is 4.79 Å². The predicted octanol–water partition coefficient (Wildman–Crippen LogP) is 2.16. The van der Waals surface area contributed by atoms with E-state index in [1.54, 1.807) is 11.3 Å². The number of amides is 1. The molecule has 0 spiro atoms. The number of hydrazine groups is 1. The number of aromatic nitrogens is 1. The molecule has 1 unspecified atom stereocenters. The monoisotopic (exact) mass is 267 g/mol.